The second kappa shape index (κ2) is 9.71. The molecular weight excluding hydrogens is 444 g/mol. The number of aliphatic hydroxyl groups excluding tert-OH is 1. The highest BCUT2D eigenvalue weighted by atomic mass is 35.5. The van der Waals surface area contributed by atoms with E-state index in [-0.39, 0.29) is 32.2 Å². The Labute approximate surface area is 177 Å². The van der Waals surface area contributed by atoms with Crippen LogP contribution in [0.3, 0.4) is 0 Å². The van der Waals surface area contributed by atoms with Gasteiger partial charge in [0.05, 0.1) is 28.7 Å². The predicted molar refractivity (Wildman–Crippen MR) is 108 cm³/mol. The maximum Gasteiger partial charge on any atom is 0.289 e. The van der Waals surface area contributed by atoms with Crippen molar-refractivity contribution in [1.82, 2.24) is 14.8 Å². The van der Waals surface area contributed by atoms with E-state index in [4.69, 9.17) is 4.84 Å². The number of nitrogens with one attached hydrogen (secondary N) is 1. The van der Waals surface area contributed by atoms with Gasteiger partial charge in [0.2, 0.25) is 0 Å². The maximum atomic E-state index is 13.3. The molecular formula is C16H19ClN4O6S2. The van der Waals surface area contributed by atoms with Crippen molar-refractivity contribution in [2.45, 2.75) is 24.1 Å². The number of hydrogen-bond acceptors (Lipinski definition) is 9. The van der Waals surface area contributed by atoms with Crippen molar-refractivity contribution in [3.63, 3.8) is 0 Å². The van der Waals surface area contributed by atoms with Crippen LogP contribution in [-0.4, -0.2) is 41.1 Å². The smallest absolute Gasteiger partial charge is 0.289 e. The highest BCUT2D eigenvalue weighted by molar-refractivity contribution is 7.89. The first-order chi connectivity index (χ1) is 13.4. The van der Waals surface area contributed by atoms with Crippen LogP contribution in [0.1, 0.15) is 21.6 Å². The quantitative estimate of drug-likeness (QED) is 0.345. The number of hydroxylamine groups is 1. The molecule has 10 nitrogen and oxygen atoms in total. The fourth-order valence-corrected chi connectivity index (χ4v) is 5.49. The molecule has 0 saturated carbocycles. The average Bonchev–Trinajstić information content (AvgIpc) is 3.12. The summed E-state index contributed by atoms with van der Waals surface area (Å²) in [4.78, 5) is 20.5. The van der Waals surface area contributed by atoms with Gasteiger partial charge in [0.15, 0.2) is 4.90 Å². The first-order valence-electron chi connectivity index (χ1n) is 8.21. The summed E-state index contributed by atoms with van der Waals surface area (Å²) in [7, 11) is -4.39. The summed E-state index contributed by atoms with van der Waals surface area (Å²) in [5.41, 5.74) is 0.0642. The van der Waals surface area contributed by atoms with E-state index in [0.717, 1.165) is 10.5 Å². The number of nitro benzene ring substituents is 1. The minimum absolute atomic E-state index is 0. The minimum Gasteiger partial charge on any atom is -0.389 e. The van der Waals surface area contributed by atoms with E-state index >= 15 is 0 Å². The number of fused-ring (bicyclic) bond motifs is 1. The number of halogens is 1. The number of benzene rings is 1. The van der Waals surface area contributed by atoms with Crippen LogP contribution >= 0.6 is 23.7 Å². The van der Waals surface area contributed by atoms with E-state index in [1.165, 1.54) is 35.6 Å². The van der Waals surface area contributed by atoms with Crippen LogP contribution in [0, 0.1) is 10.1 Å². The summed E-state index contributed by atoms with van der Waals surface area (Å²) < 4.78 is 27.4. The van der Waals surface area contributed by atoms with Gasteiger partial charge in [0.25, 0.3) is 15.7 Å². The number of aromatic nitrogens is 1. The number of nitrogens with zero attached hydrogens (tertiary/aromatic N) is 3. The van der Waals surface area contributed by atoms with Crippen molar-refractivity contribution in [2.75, 3.05) is 13.2 Å². The van der Waals surface area contributed by atoms with E-state index in [2.05, 4.69) is 16.9 Å². The van der Waals surface area contributed by atoms with Gasteiger partial charge >= 0.3 is 0 Å². The van der Waals surface area contributed by atoms with Crippen LogP contribution in [0.25, 0.3) is 0 Å². The largest absolute Gasteiger partial charge is 0.389 e. The van der Waals surface area contributed by atoms with Gasteiger partial charge in [-0.3, -0.25) is 15.0 Å². The van der Waals surface area contributed by atoms with Gasteiger partial charge in [-0.25, -0.2) is 13.4 Å². The molecule has 2 heterocycles. The molecule has 1 unspecified atom stereocenters. The number of rotatable bonds is 8. The van der Waals surface area contributed by atoms with Crippen LogP contribution in [0.5, 0.6) is 0 Å². The molecule has 29 heavy (non-hydrogen) atoms. The zero-order valence-corrected chi connectivity index (χ0v) is 17.5. The molecule has 1 aliphatic heterocycles. The van der Waals surface area contributed by atoms with E-state index < -0.39 is 31.6 Å². The lowest BCUT2D eigenvalue weighted by Gasteiger charge is -2.31. The molecule has 0 amide bonds. The normalized spacial score (nSPS) is 16.1. The SMILES string of the molecule is C=CCON(C1CNCc2nc(CO)sc21)S(=O)(=O)c1ccccc1[N+](=O)[O-].Cl. The Morgan fingerprint density at radius 3 is 2.86 bits per heavy atom. The fourth-order valence-electron chi connectivity index (χ4n) is 2.84. The Kier molecular flexibility index (Phi) is 7.82. The molecule has 0 bridgehead atoms. The highest BCUT2D eigenvalue weighted by Gasteiger charge is 2.40. The van der Waals surface area contributed by atoms with Gasteiger partial charge in [0, 0.05) is 19.2 Å². The van der Waals surface area contributed by atoms with Crippen molar-refractivity contribution in [3.8, 4) is 0 Å². The number of para-hydroxylation sites is 1. The Balaban J connectivity index is 0.00000300. The molecule has 2 aromatic rings. The maximum absolute atomic E-state index is 13.3. The molecule has 158 valence electrons. The van der Waals surface area contributed by atoms with E-state index in [1.807, 2.05) is 0 Å². The predicted octanol–water partition coefficient (Wildman–Crippen LogP) is 1.92. The monoisotopic (exact) mass is 462 g/mol. The zero-order valence-electron chi connectivity index (χ0n) is 15.1. The second-order valence-electron chi connectivity index (χ2n) is 5.79. The van der Waals surface area contributed by atoms with Gasteiger partial charge in [-0.05, 0) is 6.07 Å². The fraction of sp³-hybridized carbons (Fsp3) is 0.312. The van der Waals surface area contributed by atoms with Gasteiger partial charge in [-0.15, -0.1) is 30.3 Å². The van der Waals surface area contributed by atoms with Gasteiger partial charge < -0.3 is 10.4 Å². The molecule has 2 N–H and O–H groups in total. The van der Waals surface area contributed by atoms with E-state index in [9.17, 15) is 23.6 Å². The summed E-state index contributed by atoms with van der Waals surface area (Å²) in [5, 5.41) is 24.2. The number of aliphatic hydroxyl groups is 1. The van der Waals surface area contributed by atoms with Crippen LogP contribution < -0.4 is 5.32 Å². The molecule has 0 saturated heterocycles. The topological polar surface area (TPSA) is 135 Å². The Bertz CT molecular complexity index is 997. The summed E-state index contributed by atoms with van der Waals surface area (Å²) in [6.45, 7) is 3.78. The Morgan fingerprint density at radius 1 is 1.48 bits per heavy atom. The highest BCUT2D eigenvalue weighted by Crippen LogP contribution is 2.37. The lowest BCUT2D eigenvalue weighted by molar-refractivity contribution is -0.388. The number of hydrogen-bond donors (Lipinski definition) is 2. The number of sulfonamides is 1. The van der Waals surface area contributed by atoms with Gasteiger partial charge in [0.1, 0.15) is 11.0 Å². The molecule has 0 spiro atoms. The lowest BCUT2D eigenvalue weighted by Crippen LogP contribution is -2.42. The minimum atomic E-state index is -4.39. The number of nitro groups is 1. The van der Waals surface area contributed by atoms with Crippen LogP contribution in [0.4, 0.5) is 5.69 Å². The first-order valence-corrected chi connectivity index (χ1v) is 10.5. The third-order valence-electron chi connectivity index (χ3n) is 3.99. The van der Waals surface area contributed by atoms with Crippen LogP contribution in [0.15, 0.2) is 41.8 Å². The summed E-state index contributed by atoms with van der Waals surface area (Å²) in [6, 6.07) is 4.29. The molecule has 13 heteroatoms. The Morgan fingerprint density at radius 2 is 2.21 bits per heavy atom. The lowest BCUT2D eigenvalue weighted by atomic mass is 10.1. The second-order valence-corrected chi connectivity index (χ2v) is 8.66. The molecule has 1 aromatic carbocycles. The van der Waals surface area contributed by atoms with E-state index in [0.29, 0.717) is 22.1 Å². The van der Waals surface area contributed by atoms with Crippen LogP contribution in [0.2, 0.25) is 0 Å². The zero-order chi connectivity index (χ0) is 20.3. The first kappa shape index (κ1) is 23.3. The van der Waals surface area contributed by atoms with Crippen molar-refractivity contribution >= 4 is 39.5 Å². The van der Waals surface area contributed by atoms with Crippen molar-refractivity contribution < 1.29 is 23.3 Å². The van der Waals surface area contributed by atoms with E-state index in [1.54, 1.807) is 0 Å². The standard InChI is InChI=1S/C16H18N4O6S2.ClH/c1-2-7-26-20(13-9-17-8-11-16(13)27-15(10-21)18-11)28(24,25)14-6-4-3-5-12(14)19(22)23;/h2-6,13,17,21H,1,7-10H2;1H. The van der Waals surface area contributed by atoms with Gasteiger partial charge in [-0.2, -0.15) is 0 Å². The van der Waals surface area contributed by atoms with Crippen LogP contribution in [-0.2, 0) is 28.0 Å². The van der Waals surface area contributed by atoms with Crippen molar-refractivity contribution in [1.29, 1.82) is 0 Å². The molecule has 1 aromatic heterocycles. The average molecular weight is 463 g/mol. The molecule has 3 rings (SSSR count). The molecule has 0 radical (unpaired) electrons. The third-order valence-corrected chi connectivity index (χ3v) is 6.91. The Hall–Kier alpha value is -1.93. The molecule has 1 atom stereocenters. The summed E-state index contributed by atoms with van der Waals surface area (Å²) in [5.74, 6) is 0. The number of thiazole rings is 1. The molecule has 1 aliphatic rings. The summed E-state index contributed by atoms with van der Waals surface area (Å²) >= 11 is 1.18. The summed E-state index contributed by atoms with van der Waals surface area (Å²) in [6.07, 6.45) is 1.38. The third kappa shape index (κ3) is 4.64. The molecule has 0 fully saturated rings. The van der Waals surface area contributed by atoms with Crippen molar-refractivity contribution in [2.24, 2.45) is 0 Å². The van der Waals surface area contributed by atoms with Gasteiger partial charge in [-0.1, -0.05) is 22.7 Å². The molecule has 0 aliphatic carbocycles. The van der Waals surface area contributed by atoms with Crippen molar-refractivity contribution in [3.05, 3.63) is 62.6 Å².